The molecule has 0 aliphatic rings. The maximum absolute atomic E-state index is 13.4. The van der Waals surface area contributed by atoms with E-state index in [-0.39, 0.29) is 11.9 Å². The molecule has 0 heterocycles. The second kappa shape index (κ2) is 6.70. The largest absolute Gasteiger partial charge is 0.496 e. The van der Waals surface area contributed by atoms with Gasteiger partial charge in [-0.15, -0.1) is 0 Å². The molecule has 0 aliphatic heterocycles. The van der Waals surface area contributed by atoms with Gasteiger partial charge in [0.15, 0.2) is 0 Å². The Hall–Kier alpha value is -0.910. The third-order valence-corrected chi connectivity index (χ3v) is 3.95. The molecule has 5 heteroatoms. The van der Waals surface area contributed by atoms with Crippen LogP contribution in [0.4, 0.5) is 4.39 Å². The molecule has 2 nitrogen and oxygen atoms in total. The first-order valence-electron chi connectivity index (χ1n) is 6.03. The third kappa shape index (κ3) is 3.81. The van der Waals surface area contributed by atoms with Crippen molar-refractivity contribution in [1.29, 1.82) is 0 Å². The van der Waals surface area contributed by atoms with E-state index >= 15 is 0 Å². The summed E-state index contributed by atoms with van der Waals surface area (Å²) < 4.78 is 20.4. The molecule has 2 aromatic rings. The van der Waals surface area contributed by atoms with Crippen LogP contribution in [0.2, 0.25) is 0 Å². The van der Waals surface area contributed by atoms with E-state index in [0.29, 0.717) is 10.9 Å². The maximum Gasteiger partial charge on any atom is 0.124 e. The van der Waals surface area contributed by atoms with Crippen molar-refractivity contribution in [2.24, 2.45) is 5.73 Å². The van der Waals surface area contributed by atoms with Crippen LogP contribution in [-0.2, 0) is 6.42 Å². The summed E-state index contributed by atoms with van der Waals surface area (Å²) >= 11 is 6.71. The highest BCUT2D eigenvalue weighted by molar-refractivity contribution is 9.10. The summed E-state index contributed by atoms with van der Waals surface area (Å²) in [6, 6.07) is 10.2. The average Bonchev–Trinajstić information content (AvgIpc) is 2.37. The molecule has 0 spiro atoms. The fourth-order valence-electron chi connectivity index (χ4n) is 2.05. The van der Waals surface area contributed by atoms with Crippen LogP contribution in [0.5, 0.6) is 5.75 Å². The van der Waals surface area contributed by atoms with Crippen LogP contribution in [0, 0.1) is 5.82 Å². The zero-order chi connectivity index (χ0) is 14.7. The topological polar surface area (TPSA) is 35.2 Å². The minimum absolute atomic E-state index is 0.300. The molecule has 2 N–H and O–H groups in total. The number of ether oxygens (including phenoxy) is 1. The Balaban J connectivity index is 2.27. The lowest BCUT2D eigenvalue weighted by atomic mass is 9.99. The van der Waals surface area contributed by atoms with E-state index in [1.807, 2.05) is 24.3 Å². The van der Waals surface area contributed by atoms with Gasteiger partial charge in [0.25, 0.3) is 0 Å². The standard InChI is InChI=1S/C15H14Br2FNO/c1-20-15-3-2-11(16)5-10(15)7-14(19)9-4-12(17)8-13(18)6-9/h2-6,8,14H,7,19H2,1H3. The molecule has 0 aromatic heterocycles. The highest BCUT2D eigenvalue weighted by Gasteiger charge is 2.13. The van der Waals surface area contributed by atoms with Crippen molar-refractivity contribution in [3.05, 3.63) is 62.3 Å². The summed E-state index contributed by atoms with van der Waals surface area (Å²) in [7, 11) is 1.62. The molecule has 0 fully saturated rings. The van der Waals surface area contributed by atoms with E-state index in [2.05, 4.69) is 31.9 Å². The van der Waals surface area contributed by atoms with E-state index in [9.17, 15) is 4.39 Å². The molecule has 0 saturated heterocycles. The molecule has 0 aliphatic carbocycles. The summed E-state index contributed by atoms with van der Waals surface area (Å²) in [5, 5.41) is 0. The van der Waals surface area contributed by atoms with Crippen molar-refractivity contribution in [3.63, 3.8) is 0 Å². The van der Waals surface area contributed by atoms with E-state index in [1.54, 1.807) is 7.11 Å². The second-order valence-electron chi connectivity index (χ2n) is 4.47. The summed E-state index contributed by atoms with van der Waals surface area (Å²) in [5.74, 6) is 0.477. The van der Waals surface area contributed by atoms with Crippen molar-refractivity contribution in [2.45, 2.75) is 12.5 Å². The molecule has 0 amide bonds. The zero-order valence-corrected chi connectivity index (χ0v) is 14.0. The SMILES string of the molecule is COc1ccc(Br)cc1CC(N)c1cc(F)cc(Br)c1. The molecular formula is C15H14Br2FNO. The monoisotopic (exact) mass is 401 g/mol. The zero-order valence-electron chi connectivity index (χ0n) is 10.9. The number of rotatable bonds is 4. The molecule has 2 rings (SSSR count). The minimum Gasteiger partial charge on any atom is -0.496 e. The van der Waals surface area contributed by atoms with E-state index < -0.39 is 0 Å². The van der Waals surface area contributed by atoms with Gasteiger partial charge in [-0.2, -0.15) is 0 Å². The number of nitrogens with two attached hydrogens (primary N) is 1. The Labute approximate surface area is 134 Å². The second-order valence-corrected chi connectivity index (χ2v) is 6.30. The van der Waals surface area contributed by atoms with Crippen molar-refractivity contribution in [1.82, 2.24) is 0 Å². The number of methoxy groups -OCH3 is 1. The molecule has 1 unspecified atom stereocenters. The lowest BCUT2D eigenvalue weighted by Crippen LogP contribution is -2.14. The molecule has 0 bridgehead atoms. The lowest BCUT2D eigenvalue weighted by Gasteiger charge is -2.15. The fourth-order valence-corrected chi connectivity index (χ4v) is 2.94. The number of benzene rings is 2. The van der Waals surface area contributed by atoms with Gasteiger partial charge >= 0.3 is 0 Å². The van der Waals surface area contributed by atoms with Crippen LogP contribution < -0.4 is 10.5 Å². The maximum atomic E-state index is 13.4. The summed E-state index contributed by atoms with van der Waals surface area (Å²) in [4.78, 5) is 0. The van der Waals surface area contributed by atoms with E-state index in [1.165, 1.54) is 12.1 Å². The quantitative estimate of drug-likeness (QED) is 0.810. The first-order valence-corrected chi connectivity index (χ1v) is 7.62. The Morgan fingerprint density at radius 1 is 1.15 bits per heavy atom. The third-order valence-electron chi connectivity index (χ3n) is 3.00. The number of hydrogen-bond donors (Lipinski definition) is 1. The van der Waals surface area contributed by atoms with Crippen molar-refractivity contribution in [3.8, 4) is 5.75 Å². The predicted molar refractivity (Wildman–Crippen MR) is 85.4 cm³/mol. The summed E-state index contributed by atoms with van der Waals surface area (Å²) in [6.07, 6.45) is 0.568. The first-order chi connectivity index (χ1) is 9.49. The Morgan fingerprint density at radius 2 is 1.90 bits per heavy atom. The van der Waals surface area contributed by atoms with Crippen LogP contribution in [0.1, 0.15) is 17.2 Å². The van der Waals surface area contributed by atoms with Gasteiger partial charge < -0.3 is 10.5 Å². The summed E-state index contributed by atoms with van der Waals surface area (Å²) in [6.45, 7) is 0. The molecule has 2 aromatic carbocycles. The number of halogens is 3. The van der Waals surface area contributed by atoms with Gasteiger partial charge in [0.1, 0.15) is 11.6 Å². The molecule has 0 radical (unpaired) electrons. The van der Waals surface area contributed by atoms with Crippen LogP contribution in [0.25, 0.3) is 0 Å². The molecule has 20 heavy (non-hydrogen) atoms. The van der Waals surface area contributed by atoms with Gasteiger partial charge in [-0.3, -0.25) is 0 Å². The van der Waals surface area contributed by atoms with Gasteiger partial charge in [0.2, 0.25) is 0 Å². The normalized spacial score (nSPS) is 12.2. The smallest absolute Gasteiger partial charge is 0.124 e. The van der Waals surface area contributed by atoms with Crippen LogP contribution in [-0.4, -0.2) is 7.11 Å². The van der Waals surface area contributed by atoms with E-state index in [4.69, 9.17) is 10.5 Å². The Morgan fingerprint density at radius 3 is 2.55 bits per heavy atom. The van der Waals surface area contributed by atoms with Gasteiger partial charge in [0, 0.05) is 15.0 Å². The summed E-state index contributed by atoms with van der Waals surface area (Å²) in [5.41, 5.74) is 7.91. The van der Waals surface area contributed by atoms with Crippen molar-refractivity contribution >= 4 is 31.9 Å². The van der Waals surface area contributed by atoms with Crippen LogP contribution in [0.15, 0.2) is 45.3 Å². The molecular weight excluding hydrogens is 389 g/mol. The highest BCUT2D eigenvalue weighted by atomic mass is 79.9. The molecule has 106 valence electrons. The van der Waals surface area contributed by atoms with Gasteiger partial charge in [-0.25, -0.2) is 4.39 Å². The van der Waals surface area contributed by atoms with Gasteiger partial charge in [0.05, 0.1) is 7.11 Å². The lowest BCUT2D eigenvalue weighted by molar-refractivity contribution is 0.408. The Bertz CT molecular complexity index is 599. The van der Waals surface area contributed by atoms with E-state index in [0.717, 1.165) is 21.3 Å². The molecule has 1 atom stereocenters. The van der Waals surface area contributed by atoms with Gasteiger partial charge in [-0.05, 0) is 53.9 Å². The Kier molecular flexibility index (Phi) is 5.18. The highest BCUT2D eigenvalue weighted by Crippen LogP contribution is 2.28. The van der Waals surface area contributed by atoms with Crippen molar-refractivity contribution in [2.75, 3.05) is 7.11 Å². The number of hydrogen-bond acceptors (Lipinski definition) is 2. The average molecular weight is 403 g/mol. The van der Waals surface area contributed by atoms with Crippen molar-refractivity contribution < 1.29 is 9.13 Å². The van der Waals surface area contributed by atoms with Gasteiger partial charge in [-0.1, -0.05) is 31.9 Å². The molecule has 0 saturated carbocycles. The first kappa shape index (κ1) is 15.5. The van der Waals surface area contributed by atoms with Crippen LogP contribution >= 0.6 is 31.9 Å². The minimum atomic E-state index is -0.301. The van der Waals surface area contributed by atoms with Crippen LogP contribution in [0.3, 0.4) is 0 Å². The predicted octanol–water partition coefficient (Wildman–Crippen LogP) is 4.60. The fraction of sp³-hybridized carbons (Fsp3) is 0.200.